The average Bonchev–Trinajstić information content (AvgIpc) is 2.70. The normalized spacial score (nSPS) is 16.8. The van der Waals surface area contributed by atoms with Crippen molar-refractivity contribution in [1.29, 1.82) is 0 Å². The second kappa shape index (κ2) is 8.89. The zero-order valence-corrected chi connectivity index (χ0v) is 17.3. The largest absolute Gasteiger partial charge is 0.384 e. The Morgan fingerprint density at radius 1 is 1.18 bits per heavy atom. The van der Waals surface area contributed by atoms with Gasteiger partial charge in [0, 0.05) is 13.1 Å². The fraction of sp³-hybridized carbons (Fsp3) is 0.368. The highest BCUT2D eigenvalue weighted by atomic mass is 35.5. The van der Waals surface area contributed by atoms with Crippen molar-refractivity contribution in [3.63, 3.8) is 0 Å². The standard InChI is InChI=1S/C19H24N4O3S.ClH/c1-2-27(25,26)23-12-10-19(11-13-23,15-6-4-3-5-7-15)18(24)22-16-8-9-17(20)21-14-16;/h3-9,14H,2,10-13H2,1H3,(H2,20,21)(H,22,24);1H. The Morgan fingerprint density at radius 3 is 2.36 bits per heavy atom. The van der Waals surface area contributed by atoms with Gasteiger partial charge in [-0.15, -0.1) is 12.4 Å². The molecule has 3 N–H and O–H groups in total. The molecular weight excluding hydrogens is 400 g/mol. The molecule has 1 aromatic heterocycles. The number of benzene rings is 1. The molecule has 7 nitrogen and oxygen atoms in total. The summed E-state index contributed by atoms with van der Waals surface area (Å²) in [6, 6.07) is 12.9. The number of amides is 1. The van der Waals surface area contributed by atoms with Crippen LogP contribution in [-0.4, -0.2) is 42.5 Å². The van der Waals surface area contributed by atoms with E-state index >= 15 is 0 Å². The highest BCUT2D eigenvalue weighted by Gasteiger charge is 2.44. The number of carbonyl (C=O) groups excluding carboxylic acids is 1. The lowest BCUT2D eigenvalue weighted by Gasteiger charge is -2.40. The van der Waals surface area contributed by atoms with E-state index in [-0.39, 0.29) is 24.1 Å². The molecule has 0 unspecified atom stereocenters. The maximum absolute atomic E-state index is 13.3. The predicted octanol–water partition coefficient (Wildman–Crippen LogP) is 2.41. The van der Waals surface area contributed by atoms with E-state index in [0.29, 0.717) is 37.4 Å². The van der Waals surface area contributed by atoms with E-state index < -0.39 is 15.4 Å². The number of rotatable bonds is 5. The quantitative estimate of drug-likeness (QED) is 0.766. The lowest BCUT2D eigenvalue weighted by molar-refractivity contribution is -0.123. The van der Waals surface area contributed by atoms with Gasteiger partial charge in [-0.05, 0) is 37.5 Å². The van der Waals surface area contributed by atoms with Crippen LogP contribution in [0.25, 0.3) is 0 Å². The molecule has 9 heteroatoms. The summed E-state index contributed by atoms with van der Waals surface area (Å²) in [4.78, 5) is 17.3. The Morgan fingerprint density at radius 2 is 1.82 bits per heavy atom. The molecule has 0 saturated carbocycles. The molecule has 3 rings (SSSR count). The summed E-state index contributed by atoms with van der Waals surface area (Å²) in [6.07, 6.45) is 2.36. The Labute approximate surface area is 171 Å². The number of aromatic nitrogens is 1. The number of sulfonamides is 1. The summed E-state index contributed by atoms with van der Waals surface area (Å²) in [5.74, 6) is 0.284. The van der Waals surface area contributed by atoms with Gasteiger partial charge < -0.3 is 11.1 Å². The lowest BCUT2D eigenvalue weighted by atomic mass is 9.72. The molecule has 1 amide bonds. The Hall–Kier alpha value is -2.16. The van der Waals surface area contributed by atoms with Gasteiger partial charge in [0.2, 0.25) is 15.9 Å². The number of pyridine rings is 1. The molecule has 152 valence electrons. The average molecular weight is 425 g/mol. The van der Waals surface area contributed by atoms with Gasteiger partial charge in [0.05, 0.1) is 23.1 Å². The minimum Gasteiger partial charge on any atom is -0.384 e. The van der Waals surface area contributed by atoms with Crippen LogP contribution in [0, 0.1) is 0 Å². The molecule has 2 heterocycles. The fourth-order valence-electron chi connectivity index (χ4n) is 3.46. The molecule has 1 fully saturated rings. The second-order valence-corrected chi connectivity index (χ2v) is 8.93. The van der Waals surface area contributed by atoms with Gasteiger partial charge in [0.1, 0.15) is 5.82 Å². The summed E-state index contributed by atoms with van der Waals surface area (Å²) in [7, 11) is -3.27. The van der Waals surface area contributed by atoms with E-state index in [2.05, 4.69) is 10.3 Å². The van der Waals surface area contributed by atoms with Crippen molar-refractivity contribution in [3.8, 4) is 0 Å². The van der Waals surface area contributed by atoms with E-state index in [9.17, 15) is 13.2 Å². The summed E-state index contributed by atoms with van der Waals surface area (Å²) in [5, 5.41) is 2.92. The van der Waals surface area contributed by atoms with Crippen molar-refractivity contribution in [2.24, 2.45) is 0 Å². The smallest absolute Gasteiger partial charge is 0.235 e. The number of nitrogens with zero attached hydrogens (tertiary/aromatic N) is 2. The van der Waals surface area contributed by atoms with Crippen LogP contribution in [0.5, 0.6) is 0 Å². The van der Waals surface area contributed by atoms with E-state index in [1.54, 1.807) is 19.1 Å². The monoisotopic (exact) mass is 424 g/mol. The first-order chi connectivity index (χ1) is 12.9. The van der Waals surface area contributed by atoms with Gasteiger partial charge in [-0.1, -0.05) is 30.3 Å². The molecule has 1 saturated heterocycles. The zero-order valence-electron chi connectivity index (χ0n) is 15.7. The predicted molar refractivity (Wildman–Crippen MR) is 113 cm³/mol. The third kappa shape index (κ3) is 4.45. The highest BCUT2D eigenvalue weighted by Crippen LogP contribution is 2.37. The van der Waals surface area contributed by atoms with Crippen LogP contribution in [0.15, 0.2) is 48.7 Å². The van der Waals surface area contributed by atoms with Crippen LogP contribution in [0.3, 0.4) is 0 Å². The van der Waals surface area contributed by atoms with E-state index in [1.807, 2.05) is 30.3 Å². The van der Waals surface area contributed by atoms with Crippen molar-refractivity contribution < 1.29 is 13.2 Å². The fourth-order valence-corrected chi connectivity index (χ4v) is 4.57. The van der Waals surface area contributed by atoms with Crippen LogP contribution < -0.4 is 11.1 Å². The number of hydrogen-bond acceptors (Lipinski definition) is 5. The maximum Gasteiger partial charge on any atom is 0.235 e. The van der Waals surface area contributed by atoms with Crippen molar-refractivity contribution in [3.05, 3.63) is 54.2 Å². The lowest BCUT2D eigenvalue weighted by Crippen LogP contribution is -2.51. The van der Waals surface area contributed by atoms with Gasteiger partial charge >= 0.3 is 0 Å². The zero-order chi connectivity index (χ0) is 19.5. The summed E-state index contributed by atoms with van der Waals surface area (Å²) >= 11 is 0. The third-order valence-corrected chi connectivity index (χ3v) is 7.02. The SMILES string of the molecule is CCS(=O)(=O)N1CCC(C(=O)Nc2ccc(N)nc2)(c2ccccc2)CC1.Cl. The molecule has 0 spiro atoms. The third-order valence-electron chi connectivity index (χ3n) is 5.14. The van der Waals surface area contributed by atoms with Gasteiger partial charge in [-0.2, -0.15) is 0 Å². The first kappa shape index (κ1) is 22.1. The topological polar surface area (TPSA) is 105 Å². The minimum atomic E-state index is -3.27. The maximum atomic E-state index is 13.3. The minimum absolute atomic E-state index is 0. The highest BCUT2D eigenvalue weighted by molar-refractivity contribution is 7.89. The van der Waals surface area contributed by atoms with Crippen molar-refractivity contribution in [1.82, 2.24) is 9.29 Å². The van der Waals surface area contributed by atoms with Crippen molar-refractivity contribution in [2.75, 3.05) is 29.9 Å². The molecule has 1 aliphatic heterocycles. The Balaban J connectivity index is 0.00000280. The number of carbonyl (C=O) groups is 1. The van der Waals surface area contributed by atoms with Gasteiger partial charge in [-0.3, -0.25) is 4.79 Å². The Bertz CT molecular complexity index is 897. The Kier molecular flexibility index (Phi) is 7.03. The first-order valence-electron chi connectivity index (χ1n) is 8.94. The first-order valence-corrected chi connectivity index (χ1v) is 10.5. The van der Waals surface area contributed by atoms with E-state index in [0.717, 1.165) is 5.56 Å². The molecule has 1 aliphatic rings. The van der Waals surface area contributed by atoms with Crippen molar-refractivity contribution in [2.45, 2.75) is 25.2 Å². The van der Waals surface area contributed by atoms with E-state index in [4.69, 9.17) is 5.73 Å². The number of halogens is 1. The molecule has 0 aliphatic carbocycles. The van der Waals surface area contributed by atoms with Gasteiger partial charge in [-0.25, -0.2) is 17.7 Å². The molecule has 0 bridgehead atoms. The number of hydrogen-bond donors (Lipinski definition) is 2. The van der Waals surface area contributed by atoms with Gasteiger partial charge in [0.25, 0.3) is 0 Å². The van der Waals surface area contributed by atoms with Crippen LogP contribution in [-0.2, 0) is 20.2 Å². The molecule has 0 atom stereocenters. The van der Waals surface area contributed by atoms with Crippen LogP contribution in [0.2, 0.25) is 0 Å². The summed E-state index contributed by atoms with van der Waals surface area (Å²) in [6.45, 7) is 2.27. The number of anilines is 2. The van der Waals surface area contributed by atoms with Crippen LogP contribution in [0.1, 0.15) is 25.3 Å². The molecule has 0 radical (unpaired) electrons. The van der Waals surface area contributed by atoms with Crippen LogP contribution >= 0.6 is 12.4 Å². The molecule has 1 aromatic carbocycles. The number of nitrogens with one attached hydrogen (secondary N) is 1. The molecule has 2 aromatic rings. The summed E-state index contributed by atoms with van der Waals surface area (Å²) < 4.78 is 25.9. The molecule has 28 heavy (non-hydrogen) atoms. The van der Waals surface area contributed by atoms with E-state index in [1.165, 1.54) is 10.5 Å². The number of piperidine rings is 1. The van der Waals surface area contributed by atoms with Crippen molar-refractivity contribution >= 4 is 39.8 Å². The van der Waals surface area contributed by atoms with Crippen LogP contribution in [0.4, 0.5) is 11.5 Å². The molecular formula is C19H25ClN4O3S. The second-order valence-electron chi connectivity index (χ2n) is 6.67. The number of nitrogen functional groups attached to an aromatic ring is 1. The number of nitrogens with two attached hydrogens (primary N) is 1. The van der Waals surface area contributed by atoms with Gasteiger partial charge in [0.15, 0.2) is 0 Å². The summed E-state index contributed by atoms with van der Waals surface area (Å²) in [5.41, 5.74) is 6.26.